The van der Waals surface area contributed by atoms with Crippen molar-refractivity contribution in [1.29, 1.82) is 0 Å². The van der Waals surface area contributed by atoms with Crippen LogP contribution in [0.3, 0.4) is 0 Å². The summed E-state index contributed by atoms with van der Waals surface area (Å²) in [5.41, 5.74) is 6.29. The van der Waals surface area contributed by atoms with Crippen LogP contribution in [0.25, 0.3) is 0 Å². The molecule has 1 atom stereocenters. The molecular formula is C11H23NO. The van der Waals surface area contributed by atoms with Gasteiger partial charge in [-0.05, 0) is 32.1 Å². The Labute approximate surface area is 81.8 Å². The Kier molecular flexibility index (Phi) is 4.20. The van der Waals surface area contributed by atoms with Crippen molar-refractivity contribution >= 4 is 0 Å². The summed E-state index contributed by atoms with van der Waals surface area (Å²) in [5, 5.41) is 0. The minimum absolute atomic E-state index is 0.00354. The van der Waals surface area contributed by atoms with Crippen LogP contribution in [-0.4, -0.2) is 19.3 Å². The molecule has 0 radical (unpaired) electrons. The zero-order chi connectivity index (χ0) is 9.73. The van der Waals surface area contributed by atoms with E-state index in [4.69, 9.17) is 10.5 Å². The summed E-state index contributed by atoms with van der Waals surface area (Å²) in [4.78, 5) is 0. The van der Waals surface area contributed by atoms with E-state index in [1.165, 1.54) is 32.1 Å². The molecule has 2 heteroatoms. The van der Waals surface area contributed by atoms with E-state index >= 15 is 0 Å². The molecule has 0 aliphatic heterocycles. The Bertz CT molecular complexity index is 139. The molecule has 78 valence electrons. The molecule has 13 heavy (non-hydrogen) atoms. The standard InChI is InChI=1S/C11H23NO/c1-11(12,8-9-13-2)10-6-4-3-5-7-10/h10H,3-9,12H2,1-2H3. The fourth-order valence-electron chi connectivity index (χ4n) is 2.29. The van der Waals surface area contributed by atoms with E-state index in [-0.39, 0.29) is 5.54 Å². The molecule has 2 nitrogen and oxygen atoms in total. The van der Waals surface area contributed by atoms with Gasteiger partial charge in [0.25, 0.3) is 0 Å². The fraction of sp³-hybridized carbons (Fsp3) is 1.00. The lowest BCUT2D eigenvalue weighted by atomic mass is 9.75. The molecule has 0 spiro atoms. The highest BCUT2D eigenvalue weighted by Gasteiger charge is 2.30. The third-order valence-corrected chi connectivity index (χ3v) is 3.38. The third-order valence-electron chi connectivity index (χ3n) is 3.38. The van der Waals surface area contributed by atoms with Crippen LogP contribution in [0.5, 0.6) is 0 Å². The molecule has 0 aromatic heterocycles. The second kappa shape index (κ2) is 4.97. The van der Waals surface area contributed by atoms with E-state index in [2.05, 4.69) is 6.92 Å². The van der Waals surface area contributed by atoms with Gasteiger partial charge in [0.15, 0.2) is 0 Å². The predicted octanol–water partition coefficient (Wildman–Crippen LogP) is 2.32. The van der Waals surface area contributed by atoms with Gasteiger partial charge < -0.3 is 10.5 Å². The first kappa shape index (κ1) is 11.0. The second-order valence-corrected chi connectivity index (χ2v) is 4.58. The predicted molar refractivity (Wildman–Crippen MR) is 55.7 cm³/mol. The minimum Gasteiger partial charge on any atom is -0.385 e. The molecule has 1 aliphatic carbocycles. The van der Waals surface area contributed by atoms with Crippen molar-refractivity contribution in [3.8, 4) is 0 Å². The van der Waals surface area contributed by atoms with Crippen LogP contribution in [-0.2, 0) is 4.74 Å². The average Bonchev–Trinajstić information content (AvgIpc) is 2.16. The van der Waals surface area contributed by atoms with Crippen molar-refractivity contribution in [2.24, 2.45) is 11.7 Å². The van der Waals surface area contributed by atoms with Crippen molar-refractivity contribution in [2.75, 3.05) is 13.7 Å². The van der Waals surface area contributed by atoms with Crippen LogP contribution in [0.1, 0.15) is 45.4 Å². The molecule has 1 unspecified atom stereocenters. The number of methoxy groups -OCH3 is 1. The molecule has 1 aliphatic rings. The van der Waals surface area contributed by atoms with Gasteiger partial charge in [-0.25, -0.2) is 0 Å². The SMILES string of the molecule is COCCC(C)(N)C1CCCCC1. The molecule has 0 saturated heterocycles. The monoisotopic (exact) mass is 185 g/mol. The number of hydrogen-bond donors (Lipinski definition) is 1. The minimum atomic E-state index is -0.00354. The molecule has 0 aromatic carbocycles. The highest BCUT2D eigenvalue weighted by atomic mass is 16.5. The summed E-state index contributed by atoms with van der Waals surface area (Å²) in [5.74, 6) is 0.719. The van der Waals surface area contributed by atoms with Gasteiger partial charge >= 0.3 is 0 Å². The van der Waals surface area contributed by atoms with Crippen molar-refractivity contribution in [3.05, 3.63) is 0 Å². The molecule has 1 rings (SSSR count). The van der Waals surface area contributed by atoms with Crippen molar-refractivity contribution in [3.63, 3.8) is 0 Å². The second-order valence-electron chi connectivity index (χ2n) is 4.58. The first-order chi connectivity index (χ1) is 6.17. The number of nitrogens with two attached hydrogens (primary N) is 1. The summed E-state index contributed by atoms with van der Waals surface area (Å²) in [6, 6.07) is 0. The van der Waals surface area contributed by atoms with E-state index in [1.807, 2.05) is 0 Å². The molecule has 2 N–H and O–H groups in total. The van der Waals surface area contributed by atoms with Gasteiger partial charge in [0, 0.05) is 19.3 Å². The number of hydrogen-bond acceptors (Lipinski definition) is 2. The summed E-state index contributed by atoms with van der Waals surface area (Å²) >= 11 is 0. The Hall–Kier alpha value is -0.0800. The summed E-state index contributed by atoms with van der Waals surface area (Å²) in [7, 11) is 1.75. The van der Waals surface area contributed by atoms with Crippen molar-refractivity contribution < 1.29 is 4.74 Å². The number of ether oxygens (including phenoxy) is 1. The van der Waals surface area contributed by atoms with Crippen LogP contribution < -0.4 is 5.73 Å². The molecule has 0 heterocycles. The van der Waals surface area contributed by atoms with Crippen LogP contribution >= 0.6 is 0 Å². The Morgan fingerprint density at radius 3 is 2.46 bits per heavy atom. The first-order valence-electron chi connectivity index (χ1n) is 5.44. The van der Waals surface area contributed by atoms with Crippen molar-refractivity contribution in [1.82, 2.24) is 0 Å². The smallest absolute Gasteiger partial charge is 0.0479 e. The molecule has 1 fully saturated rings. The number of rotatable bonds is 4. The lowest BCUT2D eigenvalue weighted by molar-refractivity contribution is 0.134. The molecular weight excluding hydrogens is 162 g/mol. The van der Waals surface area contributed by atoms with E-state index in [9.17, 15) is 0 Å². The van der Waals surface area contributed by atoms with Gasteiger partial charge in [0.05, 0.1) is 0 Å². The lowest BCUT2D eigenvalue weighted by Crippen LogP contribution is -2.45. The van der Waals surface area contributed by atoms with Crippen molar-refractivity contribution in [2.45, 2.75) is 51.0 Å². The summed E-state index contributed by atoms with van der Waals surface area (Å²) in [6.07, 6.45) is 7.76. The van der Waals surface area contributed by atoms with Gasteiger partial charge in [-0.2, -0.15) is 0 Å². The highest BCUT2D eigenvalue weighted by Crippen LogP contribution is 2.32. The van der Waals surface area contributed by atoms with Gasteiger partial charge in [-0.1, -0.05) is 19.3 Å². The Balaban J connectivity index is 2.36. The van der Waals surface area contributed by atoms with Gasteiger partial charge in [-0.3, -0.25) is 0 Å². The topological polar surface area (TPSA) is 35.2 Å². The van der Waals surface area contributed by atoms with Gasteiger partial charge in [0.2, 0.25) is 0 Å². The normalized spacial score (nSPS) is 24.2. The molecule has 0 bridgehead atoms. The maximum Gasteiger partial charge on any atom is 0.0479 e. The maximum atomic E-state index is 6.30. The quantitative estimate of drug-likeness (QED) is 0.729. The molecule has 0 amide bonds. The van der Waals surface area contributed by atoms with E-state index in [0.29, 0.717) is 0 Å². The van der Waals surface area contributed by atoms with Crippen LogP contribution in [0.4, 0.5) is 0 Å². The Morgan fingerprint density at radius 2 is 1.92 bits per heavy atom. The van der Waals surface area contributed by atoms with Crippen LogP contribution in [0, 0.1) is 5.92 Å². The Morgan fingerprint density at radius 1 is 1.31 bits per heavy atom. The molecule has 0 aromatic rings. The zero-order valence-electron chi connectivity index (χ0n) is 9.01. The average molecular weight is 185 g/mol. The van der Waals surface area contributed by atoms with Gasteiger partial charge in [0.1, 0.15) is 0 Å². The van der Waals surface area contributed by atoms with E-state index < -0.39 is 0 Å². The summed E-state index contributed by atoms with van der Waals surface area (Å²) in [6.45, 7) is 2.98. The highest BCUT2D eigenvalue weighted by molar-refractivity contribution is 4.88. The lowest BCUT2D eigenvalue weighted by Gasteiger charge is -2.36. The fourth-order valence-corrected chi connectivity index (χ4v) is 2.29. The van der Waals surface area contributed by atoms with Gasteiger partial charge in [-0.15, -0.1) is 0 Å². The third kappa shape index (κ3) is 3.28. The van der Waals surface area contributed by atoms with E-state index in [0.717, 1.165) is 18.9 Å². The maximum absolute atomic E-state index is 6.30. The van der Waals surface area contributed by atoms with E-state index in [1.54, 1.807) is 7.11 Å². The molecule has 1 saturated carbocycles. The van der Waals surface area contributed by atoms with Crippen LogP contribution in [0.2, 0.25) is 0 Å². The zero-order valence-corrected chi connectivity index (χ0v) is 9.01. The summed E-state index contributed by atoms with van der Waals surface area (Å²) < 4.78 is 5.09. The largest absolute Gasteiger partial charge is 0.385 e. The van der Waals surface area contributed by atoms with Crippen LogP contribution in [0.15, 0.2) is 0 Å². The first-order valence-corrected chi connectivity index (χ1v) is 5.44.